The molecule has 0 saturated carbocycles. The van der Waals surface area contributed by atoms with Crippen LogP contribution in [-0.2, 0) is 18.0 Å². The van der Waals surface area contributed by atoms with E-state index in [-0.39, 0.29) is 5.82 Å². The molecule has 8 nitrogen and oxygen atoms in total. The van der Waals surface area contributed by atoms with Gasteiger partial charge in [0.05, 0.1) is 20.1 Å². The lowest BCUT2D eigenvalue weighted by atomic mass is 10.1. The van der Waals surface area contributed by atoms with Crippen LogP contribution < -0.4 is 20.0 Å². The van der Waals surface area contributed by atoms with Crippen molar-refractivity contribution < 1.29 is 37.0 Å². The van der Waals surface area contributed by atoms with Crippen LogP contribution in [0.2, 0.25) is 0 Å². The largest absolute Gasteiger partial charge is 0.790 e. The minimum absolute atomic E-state index is 0.325. The number of para-hydroxylation sites is 1. The molecule has 1 atom stereocenters. The SMILES string of the molecule is C/C(=C\COP(=O)([O-])OP(=O)([O-])[O-])CC/C=C(\C)CNc1ccccc1F. The lowest BCUT2D eigenvalue weighted by molar-refractivity contribution is -0.339. The molecule has 0 amide bonds. The fourth-order valence-corrected chi connectivity index (χ4v) is 3.40. The maximum atomic E-state index is 13.5. The molecule has 1 aromatic rings. The molecule has 0 aromatic heterocycles. The van der Waals surface area contributed by atoms with Crippen LogP contribution >= 0.6 is 15.6 Å². The number of phosphoric acid groups is 2. The standard InChI is InChI=1S/C16H24FNO7P2/c1-13(10-11-24-27(22,23)25-26(19,20)21)6-5-7-14(2)12-18-16-9-4-3-8-15(16)17/h3-4,7-10,18H,5-6,11-12H2,1-2H3,(H,22,23)(H2,19,20,21)/p-3/b13-10+,14-7+. The molecule has 0 aliphatic carbocycles. The predicted octanol–water partition coefficient (Wildman–Crippen LogP) is 2.24. The van der Waals surface area contributed by atoms with Gasteiger partial charge in [-0.15, -0.1) is 0 Å². The van der Waals surface area contributed by atoms with Gasteiger partial charge in [-0.2, -0.15) is 0 Å². The Morgan fingerprint density at radius 1 is 1.15 bits per heavy atom. The van der Waals surface area contributed by atoms with Crippen LogP contribution in [0.1, 0.15) is 26.7 Å². The fraction of sp³-hybridized carbons (Fsp3) is 0.375. The van der Waals surface area contributed by atoms with Gasteiger partial charge in [-0.3, -0.25) is 8.88 Å². The number of halogens is 1. The summed E-state index contributed by atoms with van der Waals surface area (Å²) in [4.78, 5) is 31.6. The molecular weight excluding hydrogens is 399 g/mol. The van der Waals surface area contributed by atoms with E-state index < -0.39 is 22.3 Å². The summed E-state index contributed by atoms with van der Waals surface area (Å²) in [6.07, 6.45) is 4.66. The van der Waals surface area contributed by atoms with E-state index in [2.05, 4.69) is 14.2 Å². The number of anilines is 1. The van der Waals surface area contributed by atoms with Crippen molar-refractivity contribution in [3.8, 4) is 0 Å². The highest BCUT2D eigenvalue weighted by Crippen LogP contribution is 2.50. The van der Waals surface area contributed by atoms with Gasteiger partial charge in [0.15, 0.2) is 0 Å². The van der Waals surface area contributed by atoms with Gasteiger partial charge in [0.2, 0.25) is 0 Å². The number of phosphoric ester groups is 1. The number of benzene rings is 1. The Labute approximate surface area is 157 Å². The minimum Gasteiger partial charge on any atom is -0.790 e. The van der Waals surface area contributed by atoms with E-state index in [1.165, 1.54) is 12.1 Å². The fourth-order valence-electron chi connectivity index (χ4n) is 1.98. The number of allylic oxidation sites excluding steroid dienone is 2. The quantitative estimate of drug-likeness (QED) is 0.426. The van der Waals surface area contributed by atoms with Gasteiger partial charge in [-0.05, 0) is 38.8 Å². The van der Waals surface area contributed by atoms with Gasteiger partial charge in [0, 0.05) is 6.54 Å². The first kappa shape index (κ1) is 23.7. The zero-order valence-electron chi connectivity index (χ0n) is 14.9. The van der Waals surface area contributed by atoms with Crippen LogP contribution in [0, 0.1) is 5.82 Å². The van der Waals surface area contributed by atoms with Gasteiger partial charge >= 0.3 is 0 Å². The van der Waals surface area contributed by atoms with Gasteiger partial charge in [-0.25, -0.2) is 4.39 Å². The third kappa shape index (κ3) is 11.2. The Hall–Kier alpha value is -1.31. The predicted molar refractivity (Wildman–Crippen MR) is 93.9 cm³/mol. The highest BCUT2D eigenvalue weighted by molar-refractivity contribution is 7.58. The molecule has 0 spiro atoms. The maximum Gasteiger partial charge on any atom is 0.272 e. The first-order valence-corrected chi connectivity index (χ1v) is 10.9. The Balaban J connectivity index is 2.36. The molecule has 0 aliphatic rings. The topological polar surface area (TPSA) is 134 Å². The molecule has 1 unspecified atom stereocenters. The average molecular weight is 420 g/mol. The van der Waals surface area contributed by atoms with Crippen LogP contribution in [-0.4, -0.2) is 13.2 Å². The Bertz CT molecular complexity index is 776. The van der Waals surface area contributed by atoms with Crippen molar-refractivity contribution in [1.29, 1.82) is 0 Å². The van der Waals surface area contributed by atoms with E-state index in [0.717, 1.165) is 11.1 Å². The second kappa shape index (κ2) is 10.9. The average Bonchev–Trinajstić information content (AvgIpc) is 2.51. The normalized spacial score (nSPS) is 15.5. The molecule has 11 heteroatoms. The van der Waals surface area contributed by atoms with Crippen LogP contribution in [0.5, 0.6) is 0 Å². The van der Waals surface area contributed by atoms with E-state index in [9.17, 15) is 28.2 Å². The van der Waals surface area contributed by atoms with E-state index in [4.69, 9.17) is 0 Å². The Kier molecular flexibility index (Phi) is 9.56. The number of nitrogens with one attached hydrogen (secondary N) is 1. The van der Waals surface area contributed by atoms with Crippen molar-refractivity contribution in [1.82, 2.24) is 0 Å². The molecule has 0 fully saturated rings. The van der Waals surface area contributed by atoms with Gasteiger partial charge in [0.25, 0.3) is 7.82 Å². The van der Waals surface area contributed by atoms with Crippen LogP contribution in [0.15, 0.2) is 47.6 Å². The zero-order valence-corrected chi connectivity index (χ0v) is 16.7. The van der Waals surface area contributed by atoms with E-state index in [1.807, 2.05) is 13.0 Å². The van der Waals surface area contributed by atoms with Crippen molar-refractivity contribution in [2.24, 2.45) is 0 Å². The highest BCUT2D eigenvalue weighted by atomic mass is 31.3. The number of rotatable bonds is 11. The van der Waals surface area contributed by atoms with Crippen LogP contribution in [0.3, 0.4) is 0 Å². The molecule has 1 N–H and O–H groups in total. The number of hydrogen-bond acceptors (Lipinski definition) is 8. The Morgan fingerprint density at radius 2 is 1.81 bits per heavy atom. The van der Waals surface area contributed by atoms with Crippen molar-refractivity contribution in [3.05, 3.63) is 53.4 Å². The summed E-state index contributed by atoms with van der Waals surface area (Å²) in [5.41, 5.74) is 2.22. The van der Waals surface area contributed by atoms with Crippen LogP contribution in [0.25, 0.3) is 0 Å². The zero-order chi connectivity index (χ0) is 20.5. The minimum atomic E-state index is -5.67. The summed E-state index contributed by atoms with van der Waals surface area (Å²) in [5, 5.41) is 2.99. The summed E-state index contributed by atoms with van der Waals surface area (Å²) < 4.78 is 42.4. The summed E-state index contributed by atoms with van der Waals surface area (Å²) >= 11 is 0. The molecular formula is C16H21FNO7P2-3. The lowest BCUT2D eigenvalue weighted by Crippen LogP contribution is -2.19. The van der Waals surface area contributed by atoms with Crippen molar-refractivity contribution in [2.75, 3.05) is 18.5 Å². The summed E-state index contributed by atoms with van der Waals surface area (Å²) in [6, 6.07) is 6.36. The molecule has 0 heterocycles. The molecule has 152 valence electrons. The molecule has 27 heavy (non-hydrogen) atoms. The molecule has 0 saturated heterocycles. The molecule has 1 aromatic carbocycles. The molecule has 0 aliphatic heterocycles. The van der Waals surface area contributed by atoms with Crippen molar-refractivity contribution in [3.63, 3.8) is 0 Å². The third-order valence-electron chi connectivity index (χ3n) is 3.33. The molecule has 0 bridgehead atoms. The maximum absolute atomic E-state index is 13.5. The first-order chi connectivity index (χ1) is 12.5. The van der Waals surface area contributed by atoms with Crippen LogP contribution in [0.4, 0.5) is 10.1 Å². The second-order valence-corrected chi connectivity index (χ2v) is 8.45. The van der Waals surface area contributed by atoms with Gasteiger partial charge < -0.3 is 29.1 Å². The van der Waals surface area contributed by atoms with Gasteiger partial charge in [-0.1, -0.05) is 35.4 Å². The molecule has 1 rings (SSSR count). The highest BCUT2D eigenvalue weighted by Gasteiger charge is 2.10. The van der Waals surface area contributed by atoms with Gasteiger partial charge in [0.1, 0.15) is 5.82 Å². The summed E-state index contributed by atoms with van der Waals surface area (Å²) in [6.45, 7) is 3.68. The number of hydrogen-bond donors (Lipinski definition) is 1. The van der Waals surface area contributed by atoms with E-state index in [0.29, 0.717) is 25.1 Å². The van der Waals surface area contributed by atoms with E-state index >= 15 is 0 Å². The first-order valence-electron chi connectivity index (χ1n) is 7.97. The third-order valence-corrected chi connectivity index (χ3v) is 5.39. The van der Waals surface area contributed by atoms with E-state index in [1.54, 1.807) is 25.1 Å². The monoisotopic (exact) mass is 420 g/mol. The van der Waals surface area contributed by atoms with Crippen molar-refractivity contribution >= 4 is 21.3 Å². The lowest BCUT2D eigenvalue weighted by Gasteiger charge is -2.34. The van der Waals surface area contributed by atoms with Crippen molar-refractivity contribution in [2.45, 2.75) is 26.7 Å². The Morgan fingerprint density at radius 3 is 2.44 bits per heavy atom. The second-order valence-electron chi connectivity index (χ2n) is 5.74. The molecule has 0 radical (unpaired) electrons. The summed E-state index contributed by atoms with van der Waals surface area (Å²) in [7, 11) is -10.9. The smallest absolute Gasteiger partial charge is 0.272 e. The summed E-state index contributed by atoms with van der Waals surface area (Å²) in [5.74, 6) is -0.325.